The van der Waals surface area contributed by atoms with E-state index in [0.29, 0.717) is 11.4 Å². The van der Waals surface area contributed by atoms with Crippen LogP contribution in [0.5, 0.6) is 11.5 Å². The highest BCUT2D eigenvalue weighted by Crippen LogP contribution is 2.24. The number of ether oxygens (including phenoxy) is 2. The molecule has 0 saturated heterocycles. The van der Waals surface area contributed by atoms with E-state index in [4.69, 9.17) is 9.47 Å². The van der Waals surface area contributed by atoms with Crippen LogP contribution in [-0.4, -0.2) is 46.4 Å². The second kappa shape index (κ2) is 10.3. The van der Waals surface area contributed by atoms with Crippen molar-refractivity contribution in [3.63, 3.8) is 0 Å². The van der Waals surface area contributed by atoms with Crippen LogP contribution in [0.15, 0.2) is 42.5 Å². The van der Waals surface area contributed by atoms with Crippen molar-refractivity contribution in [2.45, 2.75) is 33.8 Å². The monoisotopic (exact) mass is 434 g/mol. The summed E-state index contributed by atoms with van der Waals surface area (Å²) in [6.07, 6.45) is 1.02. The summed E-state index contributed by atoms with van der Waals surface area (Å²) in [7, 11) is -3.66. The zero-order valence-electron chi connectivity index (χ0n) is 18.1. The van der Waals surface area contributed by atoms with Gasteiger partial charge in [0.2, 0.25) is 15.9 Å². The molecule has 0 fully saturated rings. The normalized spacial score (nSPS) is 11.3. The van der Waals surface area contributed by atoms with Crippen molar-refractivity contribution in [1.82, 2.24) is 5.32 Å². The summed E-state index contributed by atoms with van der Waals surface area (Å²) < 4.78 is 36.9. The van der Waals surface area contributed by atoms with Crippen molar-refractivity contribution in [3.05, 3.63) is 53.6 Å². The van der Waals surface area contributed by atoms with E-state index in [1.807, 2.05) is 45.9 Å². The molecule has 2 aromatic carbocycles. The molecule has 0 unspecified atom stereocenters. The van der Waals surface area contributed by atoms with Gasteiger partial charge in [0.15, 0.2) is 0 Å². The van der Waals surface area contributed by atoms with Crippen molar-refractivity contribution in [3.8, 4) is 11.5 Å². The number of nitrogens with zero attached hydrogens (tertiary/aromatic N) is 1. The fraction of sp³-hybridized carbons (Fsp3) is 0.409. The van der Waals surface area contributed by atoms with Crippen LogP contribution in [0, 0.1) is 13.8 Å². The molecule has 1 amide bonds. The van der Waals surface area contributed by atoms with Gasteiger partial charge in [-0.3, -0.25) is 9.10 Å². The van der Waals surface area contributed by atoms with Crippen LogP contribution in [0.25, 0.3) is 0 Å². The highest BCUT2D eigenvalue weighted by atomic mass is 32.2. The van der Waals surface area contributed by atoms with Gasteiger partial charge in [-0.2, -0.15) is 0 Å². The third-order valence-electron chi connectivity index (χ3n) is 4.19. The van der Waals surface area contributed by atoms with E-state index >= 15 is 0 Å². The van der Waals surface area contributed by atoms with Gasteiger partial charge in [-0.05, 0) is 57.0 Å². The van der Waals surface area contributed by atoms with Crippen LogP contribution >= 0.6 is 0 Å². The topological polar surface area (TPSA) is 84.9 Å². The van der Waals surface area contributed by atoms with E-state index in [-0.39, 0.29) is 25.8 Å². The lowest BCUT2D eigenvalue weighted by molar-refractivity contribution is -0.119. The first kappa shape index (κ1) is 23.5. The smallest absolute Gasteiger partial charge is 0.240 e. The molecule has 0 aliphatic rings. The Bertz CT molecular complexity index is 973. The third kappa shape index (κ3) is 7.26. The lowest BCUT2D eigenvalue weighted by Crippen LogP contribution is -2.41. The highest BCUT2D eigenvalue weighted by molar-refractivity contribution is 7.92. The minimum atomic E-state index is -3.66. The second-order valence-electron chi connectivity index (χ2n) is 7.40. The number of aryl methyl sites for hydroxylation is 2. The number of amides is 1. The lowest BCUT2D eigenvalue weighted by Gasteiger charge is -2.23. The molecule has 0 aromatic heterocycles. The summed E-state index contributed by atoms with van der Waals surface area (Å²) in [6, 6.07) is 12.6. The van der Waals surface area contributed by atoms with E-state index < -0.39 is 15.9 Å². The summed E-state index contributed by atoms with van der Waals surface area (Å²) in [6.45, 7) is 7.92. The molecule has 0 atom stereocenters. The molecule has 164 valence electrons. The third-order valence-corrected chi connectivity index (χ3v) is 5.33. The van der Waals surface area contributed by atoms with Gasteiger partial charge >= 0.3 is 0 Å². The van der Waals surface area contributed by atoms with Gasteiger partial charge in [-0.15, -0.1) is 0 Å². The molecule has 0 aliphatic heterocycles. The molecule has 0 heterocycles. The van der Waals surface area contributed by atoms with Gasteiger partial charge in [0.1, 0.15) is 24.7 Å². The Balaban J connectivity index is 1.97. The van der Waals surface area contributed by atoms with Gasteiger partial charge in [0, 0.05) is 6.07 Å². The summed E-state index contributed by atoms with van der Waals surface area (Å²) in [5.41, 5.74) is 2.48. The van der Waals surface area contributed by atoms with Gasteiger partial charge < -0.3 is 14.8 Å². The van der Waals surface area contributed by atoms with Gasteiger partial charge in [0.25, 0.3) is 0 Å². The summed E-state index contributed by atoms with van der Waals surface area (Å²) in [4.78, 5) is 12.4. The van der Waals surface area contributed by atoms with Crippen LogP contribution < -0.4 is 19.1 Å². The first-order valence-electron chi connectivity index (χ1n) is 9.77. The fourth-order valence-electron chi connectivity index (χ4n) is 2.78. The highest BCUT2D eigenvalue weighted by Gasteiger charge is 2.21. The number of sulfonamides is 1. The molecule has 7 nitrogen and oxygen atoms in total. The predicted octanol–water partition coefficient (Wildman–Crippen LogP) is 3.05. The molecule has 0 saturated carbocycles. The van der Waals surface area contributed by atoms with E-state index in [1.54, 1.807) is 24.3 Å². The van der Waals surface area contributed by atoms with Crippen molar-refractivity contribution in [2.24, 2.45) is 0 Å². The quantitative estimate of drug-likeness (QED) is 0.581. The van der Waals surface area contributed by atoms with E-state index in [1.165, 1.54) is 0 Å². The zero-order chi connectivity index (χ0) is 22.3. The number of hydrogen-bond donors (Lipinski definition) is 1. The second-order valence-corrected chi connectivity index (χ2v) is 9.31. The van der Waals surface area contributed by atoms with Crippen LogP contribution in [0.1, 0.15) is 25.0 Å². The predicted molar refractivity (Wildman–Crippen MR) is 119 cm³/mol. The van der Waals surface area contributed by atoms with Crippen molar-refractivity contribution in [1.29, 1.82) is 0 Å². The Hall–Kier alpha value is -2.74. The van der Waals surface area contributed by atoms with Crippen LogP contribution in [0.3, 0.4) is 0 Å². The molecule has 1 N–H and O–H groups in total. The number of benzene rings is 2. The Morgan fingerprint density at radius 2 is 1.87 bits per heavy atom. The Kier molecular flexibility index (Phi) is 8.11. The largest absolute Gasteiger partial charge is 0.491 e. The Morgan fingerprint density at radius 3 is 2.53 bits per heavy atom. The molecule has 2 rings (SSSR count). The molecular formula is C22H30N2O5S. The number of hydrogen-bond acceptors (Lipinski definition) is 5. The summed E-state index contributed by atoms with van der Waals surface area (Å²) in [5.74, 6) is 0.891. The van der Waals surface area contributed by atoms with Gasteiger partial charge in [0.05, 0.1) is 24.6 Å². The van der Waals surface area contributed by atoms with Crippen LogP contribution in [-0.2, 0) is 14.8 Å². The average molecular weight is 435 g/mol. The minimum Gasteiger partial charge on any atom is -0.491 e. The number of carbonyl (C=O) groups is 1. The van der Waals surface area contributed by atoms with Crippen molar-refractivity contribution < 1.29 is 22.7 Å². The SMILES string of the molecule is Cc1ccc(C)c(OCCNC(=O)CN(c2cccc(OC(C)C)c2)S(C)(=O)=O)c1. The number of rotatable bonds is 10. The maximum atomic E-state index is 12.4. The van der Waals surface area contributed by atoms with Crippen molar-refractivity contribution in [2.75, 3.05) is 30.3 Å². The summed E-state index contributed by atoms with van der Waals surface area (Å²) in [5, 5.41) is 2.70. The number of nitrogens with one attached hydrogen (secondary N) is 1. The fourth-order valence-corrected chi connectivity index (χ4v) is 3.63. The molecular weight excluding hydrogens is 404 g/mol. The number of anilines is 1. The molecule has 0 bridgehead atoms. The first-order valence-corrected chi connectivity index (χ1v) is 11.6. The van der Waals surface area contributed by atoms with E-state index in [0.717, 1.165) is 27.4 Å². The first-order chi connectivity index (χ1) is 14.1. The summed E-state index contributed by atoms with van der Waals surface area (Å²) >= 11 is 0. The van der Waals surface area contributed by atoms with Gasteiger partial charge in [-0.1, -0.05) is 18.2 Å². The molecule has 2 aromatic rings. The van der Waals surface area contributed by atoms with Crippen LogP contribution in [0.4, 0.5) is 5.69 Å². The standard InChI is InChI=1S/C22H30N2O5S/c1-16(2)29-20-8-6-7-19(14-20)24(30(5,26)27)15-22(25)23-11-12-28-21-13-17(3)9-10-18(21)4/h6-10,13-14,16H,11-12,15H2,1-5H3,(H,23,25). The molecule has 0 aliphatic carbocycles. The number of carbonyl (C=O) groups excluding carboxylic acids is 1. The zero-order valence-corrected chi connectivity index (χ0v) is 19.0. The molecule has 30 heavy (non-hydrogen) atoms. The average Bonchev–Trinajstić information content (AvgIpc) is 2.64. The van der Waals surface area contributed by atoms with Crippen LogP contribution in [0.2, 0.25) is 0 Å². The Morgan fingerprint density at radius 1 is 1.13 bits per heavy atom. The van der Waals surface area contributed by atoms with E-state index in [9.17, 15) is 13.2 Å². The minimum absolute atomic E-state index is 0.0488. The maximum absolute atomic E-state index is 12.4. The molecule has 0 spiro atoms. The van der Waals surface area contributed by atoms with Gasteiger partial charge in [-0.25, -0.2) is 8.42 Å². The van der Waals surface area contributed by atoms with E-state index in [2.05, 4.69) is 5.32 Å². The molecule has 8 heteroatoms. The Labute approximate surface area is 179 Å². The lowest BCUT2D eigenvalue weighted by atomic mass is 10.1. The van der Waals surface area contributed by atoms with Crippen molar-refractivity contribution >= 4 is 21.6 Å². The maximum Gasteiger partial charge on any atom is 0.240 e. The molecule has 0 radical (unpaired) electrons.